The van der Waals surface area contributed by atoms with Crippen molar-refractivity contribution in [2.75, 3.05) is 30.0 Å². The Hall–Kier alpha value is -2.90. The van der Waals surface area contributed by atoms with Gasteiger partial charge in [-0.1, -0.05) is 36.4 Å². The second-order valence-corrected chi connectivity index (χ2v) is 7.08. The van der Waals surface area contributed by atoms with Gasteiger partial charge in [0.15, 0.2) is 0 Å². The van der Waals surface area contributed by atoms with Crippen LogP contribution in [0.1, 0.15) is 18.4 Å². The maximum atomic E-state index is 12.7. The summed E-state index contributed by atoms with van der Waals surface area (Å²) >= 11 is 0. The summed E-state index contributed by atoms with van der Waals surface area (Å²) in [5, 5.41) is 2.90. The van der Waals surface area contributed by atoms with Crippen molar-refractivity contribution >= 4 is 23.2 Å². The van der Waals surface area contributed by atoms with E-state index in [1.165, 1.54) is 0 Å². The van der Waals surface area contributed by atoms with Gasteiger partial charge in [-0.05, 0) is 36.6 Å². The van der Waals surface area contributed by atoms with Crippen LogP contribution >= 0.6 is 0 Å². The molecule has 3 rings (SSSR count). The molecule has 1 fully saturated rings. The molecule has 0 aliphatic carbocycles. The molecule has 0 radical (unpaired) electrons. The van der Waals surface area contributed by atoms with E-state index in [0.717, 1.165) is 11.3 Å². The predicted octanol–water partition coefficient (Wildman–Crippen LogP) is 1.62. The van der Waals surface area contributed by atoms with Crippen LogP contribution in [-0.2, 0) is 20.9 Å². The molecule has 1 heterocycles. The molecule has 148 valence electrons. The molecule has 7 nitrogen and oxygen atoms in total. The molecule has 0 aromatic heterocycles. The fraction of sp³-hybridized carbons (Fsp3) is 0.333. The van der Waals surface area contributed by atoms with Crippen LogP contribution in [0, 0.1) is 0 Å². The number of carbonyl (C=O) groups excluding carboxylic acids is 2. The van der Waals surface area contributed by atoms with Crippen LogP contribution < -0.4 is 21.7 Å². The molecule has 7 heteroatoms. The third kappa shape index (κ3) is 5.09. The van der Waals surface area contributed by atoms with E-state index in [1.807, 2.05) is 53.4 Å². The summed E-state index contributed by atoms with van der Waals surface area (Å²) in [5.74, 6) is -0.647. The van der Waals surface area contributed by atoms with Crippen LogP contribution in [-0.4, -0.2) is 37.1 Å². The zero-order chi connectivity index (χ0) is 20.0. The Kier molecular flexibility index (Phi) is 6.28. The van der Waals surface area contributed by atoms with E-state index in [1.54, 1.807) is 6.07 Å². The number of nitrogens with one attached hydrogen (secondary N) is 1. The quantitative estimate of drug-likeness (QED) is 0.674. The van der Waals surface area contributed by atoms with Gasteiger partial charge in [0.25, 0.3) is 0 Å². The highest BCUT2D eigenvalue weighted by Crippen LogP contribution is 2.24. The van der Waals surface area contributed by atoms with Crippen molar-refractivity contribution in [1.82, 2.24) is 0 Å². The third-order valence-electron chi connectivity index (χ3n) is 4.87. The maximum Gasteiger partial charge on any atom is 0.244 e. The lowest BCUT2D eigenvalue weighted by Crippen LogP contribution is -2.54. The van der Waals surface area contributed by atoms with Crippen LogP contribution in [0.2, 0.25) is 0 Å². The summed E-state index contributed by atoms with van der Waals surface area (Å²) < 4.78 is 5.30. The average Bonchev–Trinajstić information content (AvgIpc) is 2.69. The Labute approximate surface area is 164 Å². The van der Waals surface area contributed by atoms with Crippen LogP contribution in [0.3, 0.4) is 0 Å². The second kappa shape index (κ2) is 8.86. The molecule has 1 aliphatic rings. The summed E-state index contributed by atoms with van der Waals surface area (Å²) in [7, 11) is 0. The summed E-state index contributed by atoms with van der Waals surface area (Å²) in [4.78, 5) is 26.1. The van der Waals surface area contributed by atoms with Gasteiger partial charge < -0.3 is 26.4 Å². The Morgan fingerprint density at radius 3 is 2.46 bits per heavy atom. The van der Waals surface area contributed by atoms with E-state index in [9.17, 15) is 9.59 Å². The number of primary amides is 1. The Morgan fingerprint density at radius 1 is 1.07 bits per heavy atom. The molecule has 1 aliphatic heterocycles. The van der Waals surface area contributed by atoms with Crippen LogP contribution in [0.15, 0.2) is 54.6 Å². The first-order valence-corrected chi connectivity index (χ1v) is 9.32. The van der Waals surface area contributed by atoms with Crippen LogP contribution in [0.4, 0.5) is 11.4 Å². The first-order valence-electron chi connectivity index (χ1n) is 9.32. The lowest BCUT2D eigenvalue weighted by Gasteiger charge is -2.32. The van der Waals surface area contributed by atoms with E-state index >= 15 is 0 Å². The SMILES string of the molecule is NC(=O)CN(Cc1ccccc1)c1cccc(NC(=O)C2(N)CCOCC2)c1. The van der Waals surface area contributed by atoms with Gasteiger partial charge in [0, 0.05) is 31.1 Å². The van der Waals surface area contributed by atoms with Crippen molar-refractivity contribution in [2.24, 2.45) is 11.5 Å². The number of amides is 2. The molecule has 1 saturated heterocycles. The predicted molar refractivity (Wildman–Crippen MR) is 109 cm³/mol. The molecular formula is C21H26N4O3. The number of hydrogen-bond acceptors (Lipinski definition) is 5. The van der Waals surface area contributed by atoms with Crippen LogP contribution in [0.5, 0.6) is 0 Å². The number of anilines is 2. The Balaban J connectivity index is 1.77. The van der Waals surface area contributed by atoms with E-state index in [4.69, 9.17) is 16.2 Å². The third-order valence-corrected chi connectivity index (χ3v) is 4.87. The Morgan fingerprint density at radius 2 is 1.79 bits per heavy atom. The zero-order valence-electron chi connectivity index (χ0n) is 15.8. The van der Waals surface area contributed by atoms with Gasteiger partial charge in [-0.15, -0.1) is 0 Å². The number of nitrogens with two attached hydrogens (primary N) is 2. The van der Waals surface area contributed by atoms with Gasteiger partial charge in [0.05, 0.1) is 6.54 Å². The minimum atomic E-state index is -0.925. The molecule has 2 aromatic rings. The summed E-state index contributed by atoms with van der Waals surface area (Å²) in [6, 6.07) is 17.2. The van der Waals surface area contributed by atoms with Gasteiger partial charge in [-0.2, -0.15) is 0 Å². The minimum absolute atomic E-state index is 0.0739. The van der Waals surface area contributed by atoms with Gasteiger partial charge >= 0.3 is 0 Å². The Bertz CT molecular complexity index is 819. The lowest BCUT2D eigenvalue weighted by molar-refractivity contribution is -0.124. The molecule has 28 heavy (non-hydrogen) atoms. The molecule has 0 bridgehead atoms. The molecule has 2 amide bonds. The average molecular weight is 382 g/mol. The highest BCUT2D eigenvalue weighted by molar-refractivity contribution is 5.98. The highest BCUT2D eigenvalue weighted by atomic mass is 16.5. The van der Waals surface area contributed by atoms with Gasteiger partial charge in [0.2, 0.25) is 11.8 Å². The number of rotatable bonds is 7. The van der Waals surface area contributed by atoms with Crippen LogP contribution in [0.25, 0.3) is 0 Å². The number of nitrogens with zero attached hydrogens (tertiary/aromatic N) is 1. The number of carbonyl (C=O) groups is 2. The zero-order valence-corrected chi connectivity index (χ0v) is 15.8. The molecule has 0 spiro atoms. The van der Waals surface area contributed by atoms with E-state index in [2.05, 4.69) is 5.32 Å². The maximum absolute atomic E-state index is 12.7. The number of benzene rings is 2. The summed E-state index contributed by atoms with van der Waals surface area (Å²) in [6.45, 7) is 1.56. The summed E-state index contributed by atoms with van der Waals surface area (Å²) in [6.07, 6.45) is 0.973. The largest absolute Gasteiger partial charge is 0.381 e. The minimum Gasteiger partial charge on any atom is -0.381 e. The van der Waals surface area contributed by atoms with Crippen molar-refractivity contribution in [1.29, 1.82) is 0 Å². The normalized spacial score (nSPS) is 15.6. The number of hydrogen-bond donors (Lipinski definition) is 3. The first kappa shape index (κ1) is 19.9. The fourth-order valence-corrected chi connectivity index (χ4v) is 3.23. The van der Waals surface area contributed by atoms with Crippen molar-refractivity contribution in [2.45, 2.75) is 24.9 Å². The van der Waals surface area contributed by atoms with Gasteiger partial charge in [-0.3, -0.25) is 9.59 Å². The van der Waals surface area contributed by atoms with Gasteiger partial charge in [0.1, 0.15) is 5.54 Å². The monoisotopic (exact) mass is 382 g/mol. The second-order valence-electron chi connectivity index (χ2n) is 7.08. The summed E-state index contributed by atoms with van der Waals surface area (Å²) in [5.41, 5.74) is 13.2. The van der Waals surface area contributed by atoms with Gasteiger partial charge in [-0.25, -0.2) is 0 Å². The standard InChI is InChI=1S/C21H26N4O3/c22-19(26)15-25(14-16-5-2-1-3-6-16)18-8-4-7-17(13-18)24-20(27)21(23)9-11-28-12-10-21/h1-8,13H,9-12,14-15,23H2,(H2,22,26)(H,24,27). The molecule has 5 N–H and O–H groups in total. The highest BCUT2D eigenvalue weighted by Gasteiger charge is 2.35. The number of ether oxygens (including phenoxy) is 1. The van der Waals surface area contributed by atoms with E-state index in [-0.39, 0.29) is 12.5 Å². The molecule has 2 aromatic carbocycles. The molecule has 0 unspecified atom stereocenters. The van der Waals surface area contributed by atoms with E-state index < -0.39 is 11.4 Å². The smallest absolute Gasteiger partial charge is 0.244 e. The fourth-order valence-electron chi connectivity index (χ4n) is 3.23. The van der Waals surface area contributed by atoms with Crippen molar-refractivity contribution < 1.29 is 14.3 Å². The molecule has 0 saturated carbocycles. The van der Waals surface area contributed by atoms with Crippen molar-refractivity contribution in [3.63, 3.8) is 0 Å². The molecular weight excluding hydrogens is 356 g/mol. The molecule has 0 atom stereocenters. The van der Waals surface area contributed by atoms with E-state index in [0.29, 0.717) is 38.3 Å². The lowest BCUT2D eigenvalue weighted by atomic mass is 9.90. The first-order chi connectivity index (χ1) is 13.5. The van der Waals surface area contributed by atoms with Crippen molar-refractivity contribution in [3.05, 3.63) is 60.2 Å². The van der Waals surface area contributed by atoms with Crippen molar-refractivity contribution in [3.8, 4) is 0 Å². The topological polar surface area (TPSA) is 111 Å².